The van der Waals surface area contributed by atoms with E-state index in [-0.39, 0.29) is 11.9 Å². The fraction of sp³-hybridized carbons (Fsp3) is 0.538. The van der Waals surface area contributed by atoms with Gasteiger partial charge in [-0.3, -0.25) is 0 Å². The number of rotatable bonds is 3. The Morgan fingerprint density at radius 2 is 2.35 bits per heavy atom. The molecular weight excluding hydrogens is 218 g/mol. The molecule has 2 rings (SSSR count). The Labute approximate surface area is 102 Å². The van der Waals surface area contributed by atoms with E-state index in [0.29, 0.717) is 6.61 Å². The van der Waals surface area contributed by atoms with Crippen LogP contribution in [0.25, 0.3) is 0 Å². The predicted molar refractivity (Wildman–Crippen MR) is 65.6 cm³/mol. The molecular formula is C13H19NO3. The molecule has 1 saturated heterocycles. The van der Waals surface area contributed by atoms with Gasteiger partial charge in [0.15, 0.2) is 0 Å². The number of hydrogen-bond donors (Lipinski definition) is 1. The minimum atomic E-state index is 0.107. The van der Waals surface area contributed by atoms with Gasteiger partial charge in [0.2, 0.25) is 0 Å². The van der Waals surface area contributed by atoms with Crippen LogP contribution in [0.4, 0.5) is 0 Å². The minimum Gasteiger partial charge on any atom is -0.508 e. The van der Waals surface area contributed by atoms with Gasteiger partial charge in [-0.2, -0.15) is 0 Å². The van der Waals surface area contributed by atoms with Gasteiger partial charge < -0.3 is 19.5 Å². The first-order valence-corrected chi connectivity index (χ1v) is 5.88. The first-order chi connectivity index (χ1) is 8.16. The number of nitrogens with zero attached hydrogens (tertiary/aromatic N) is 1. The molecule has 0 bridgehead atoms. The summed E-state index contributed by atoms with van der Waals surface area (Å²) in [5.41, 5.74) is 0.775. The maximum atomic E-state index is 9.56. The summed E-state index contributed by atoms with van der Waals surface area (Å²) in [7, 11) is 2.08. The molecule has 1 heterocycles. The van der Waals surface area contributed by atoms with E-state index in [1.807, 2.05) is 13.0 Å². The Bertz CT molecular complexity index is 381. The fourth-order valence-electron chi connectivity index (χ4n) is 1.91. The van der Waals surface area contributed by atoms with Crippen molar-refractivity contribution in [1.82, 2.24) is 4.90 Å². The third-order valence-electron chi connectivity index (χ3n) is 3.02. The van der Waals surface area contributed by atoms with Gasteiger partial charge in [-0.15, -0.1) is 0 Å². The Balaban J connectivity index is 1.91. The van der Waals surface area contributed by atoms with E-state index in [0.717, 1.165) is 31.0 Å². The number of morpholine rings is 1. The first kappa shape index (κ1) is 12.2. The van der Waals surface area contributed by atoms with Crippen molar-refractivity contribution in [3.8, 4) is 11.5 Å². The molecule has 0 aromatic heterocycles. The van der Waals surface area contributed by atoms with Gasteiger partial charge in [0.1, 0.15) is 24.2 Å². The van der Waals surface area contributed by atoms with Crippen molar-refractivity contribution < 1.29 is 14.6 Å². The van der Waals surface area contributed by atoms with Crippen LogP contribution in [0.2, 0.25) is 0 Å². The van der Waals surface area contributed by atoms with Crippen molar-refractivity contribution in [3.63, 3.8) is 0 Å². The van der Waals surface area contributed by atoms with Crippen molar-refractivity contribution in [2.24, 2.45) is 0 Å². The third-order valence-corrected chi connectivity index (χ3v) is 3.02. The Morgan fingerprint density at radius 1 is 1.53 bits per heavy atom. The molecule has 0 radical (unpaired) electrons. The van der Waals surface area contributed by atoms with Crippen LogP contribution in [-0.2, 0) is 4.74 Å². The van der Waals surface area contributed by atoms with Crippen LogP contribution in [0.1, 0.15) is 5.56 Å². The number of aromatic hydroxyl groups is 1. The van der Waals surface area contributed by atoms with Gasteiger partial charge in [-0.05, 0) is 26.1 Å². The first-order valence-electron chi connectivity index (χ1n) is 5.88. The van der Waals surface area contributed by atoms with Gasteiger partial charge in [0.25, 0.3) is 0 Å². The second-order valence-electron chi connectivity index (χ2n) is 4.47. The smallest absolute Gasteiger partial charge is 0.126 e. The number of phenols is 1. The lowest BCUT2D eigenvalue weighted by molar-refractivity contribution is -0.0404. The van der Waals surface area contributed by atoms with Crippen LogP contribution < -0.4 is 4.74 Å². The molecule has 17 heavy (non-hydrogen) atoms. The number of phenolic OH excluding ortho intramolecular Hbond substituents is 1. The highest BCUT2D eigenvalue weighted by atomic mass is 16.5. The summed E-state index contributed by atoms with van der Waals surface area (Å²) >= 11 is 0. The summed E-state index contributed by atoms with van der Waals surface area (Å²) in [6.45, 7) is 4.98. The van der Waals surface area contributed by atoms with Gasteiger partial charge in [-0.1, -0.05) is 6.07 Å². The largest absolute Gasteiger partial charge is 0.508 e. The fourth-order valence-corrected chi connectivity index (χ4v) is 1.91. The van der Waals surface area contributed by atoms with Gasteiger partial charge >= 0.3 is 0 Å². The lowest BCUT2D eigenvalue weighted by Gasteiger charge is -2.30. The quantitative estimate of drug-likeness (QED) is 0.863. The van der Waals surface area contributed by atoms with Gasteiger partial charge in [0.05, 0.1) is 6.61 Å². The van der Waals surface area contributed by atoms with Crippen LogP contribution in [0.15, 0.2) is 18.2 Å². The van der Waals surface area contributed by atoms with E-state index in [2.05, 4.69) is 11.9 Å². The average molecular weight is 237 g/mol. The molecule has 1 aromatic carbocycles. The maximum Gasteiger partial charge on any atom is 0.126 e. The zero-order chi connectivity index (χ0) is 12.3. The van der Waals surface area contributed by atoms with Crippen molar-refractivity contribution in [2.45, 2.75) is 13.0 Å². The molecule has 1 N–H and O–H groups in total. The zero-order valence-corrected chi connectivity index (χ0v) is 10.3. The highest BCUT2D eigenvalue weighted by Crippen LogP contribution is 2.26. The van der Waals surface area contributed by atoms with E-state index in [1.54, 1.807) is 12.1 Å². The molecule has 94 valence electrons. The predicted octanol–water partition coefficient (Wildman–Crippen LogP) is 1.41. The van der Waals surface area contributed by atoms with E-state index >= 15 is 0 Å². The summed E-state index contributed by atoms with van der Waals surface area (Å²) in [6, 6.07) is 5.31. The highest BCUT2D eigenvalue weighted by molar-refractivity contribution is 5.42. The van der Waals surface area contributed by atoms with E-state index in [4.69, 9.17) is 9.47 Å². The second-order valence-corrected chi connectivity index (χ2v) is 4.47. The Kier molecular flexibility index (Phi) is 3.86. The molecule has 0 spiro atoms. The Hall–Kier alpha value is -1.26. The van der Waals surface area contributed by atoms with Crippen molar-refractivity contribution in [1.29, 1.82) is 0 Å². The van der Waals surface area contributed by atoms with E-state index in [9.17, 15) is 5.11 Å². The summed E-state index contributed by atoms with van der Waals surface area (Å²) < 4.78 is 11.3. The third kappa shape index (κ3) is 3.11. The number of benzene rings is 1. The van der Waals surface area contributed by atoms with Crippen molar-refractivity contribution in [2.75, 3.05) is 33.4 Å². The lowest BCUT2D eigenvalue weighted by Crippen LogP contribution is -2.42. The molecule has 1 aromatic rings. The standard InChI is InChI=1S/C13H19NO3/c1-10-12(15)4-3-5-13(10)17-9-11-8-14(2)6-7-16-11/h3-5,11,15H,6-9H2,1-2H3. The van der Waals surface area contributed by atoms with Gasteiger partial charge in [0, 0.05) is 18.7 Å². The average Bonchev–Trinajstić information content (AvgIpc) is 2.31. The van der Waals surface area contributed by atoms with Crippen LogP contribution in [0, 0.1) is 6.92 Å². The van der Waals surface area contributed by atoms with Crippen LogP contribution in [0.5, 0.6) is 11.5 Å². The molecule has 1 fully saturated rings. The van der Waals surface area contributed by atoms with E-state index < -0.39 is 0 Å². The van der Waals surface area contributed by atoms with Crippen molar-refractivity contribution in [3.05, 3.63) is 23.8 Å². The zero-order valence-electron chi connectivity index (χ0n) is 10.3. The topological polar surface area (TPSA) is 41.9 Å². The maximum absolute atomic E-state index is 9.56. The molecule has 0 aliphatic carbocycles. The molecule has 1 atom stereocenters. The van der Waals surface area contributed by atoms with E-state index in [1.165, 1.54) is 0 Å². The number of hydrogen-bond acceptors (Lipinski definition) is 4. The number of likely N-dealkylation sites (N-methyl/N-ethyl adjacent to an activating group) is 1. The van der Waals surface area contributed by atoms with Gasteiger partial charge in [-0.25, -0.2) is 0 Å². The summed E-state index contributed by atoms with van der Waals surface area (Å²) in [4.78, 5) is 2.23. The molecule has 1 aliphatic heterocycles. The molecule has 0 amide bonds. The SMILES string of the molecule is Cc1c(O)cccc1OCC1CN(C)CCO1. The highest BCUT2D eigenvalue weighted by Gasteiger charge is 2.18. The molecule has 4 heteroatoms. The molecule has 4 nitrogen and oxygen atoms in total. The Morgan fingerprint density at radius 3 is 3.12 bits per heavy atom. The molecule has 0 saturated carbocycles. The molecule has 1 unspecified atom stereocenters. The lowest BCUT2D eigenvalue weighted by atomic mass is 10.2. The van der Waals surface area contributed by atoms with Crippen molar-refractivity contribution >= 4 is 0 Å². The molecule has 1 aliphatic rings. The minimum absolute atomic E-state index is 0.107. The monoisotopic (exact) mass is 237 g/mol. The van der Waals surface area contributed by atoms with Crippen LogP contribution in [-0.4, -0.2) is 49.5 Å². The second kappa shape index (κ2) is 5.38. The van der Waals surface area contributed by atoms with Crippen LogP contribution >= 0.6 is 0 Å². The summed E-state index contributed by atoms with van der Waals surface area (Å²) in [5.74, 6) is 0.992. The summed E-state index contributed by atoms with van der Waals surface area (Å²) in [5, 5.41) is 9.56. The number of ether oxygens (including phenoxy) is 2. The normalized spacial score (nSPS) is 21.4. The summed E-state index contributed by atoms with van der Waals surface area (Å²) in [6.07, 6.45) is 0.107. The van der Waals surface area contributed by atoms with Crippen LogP contribution in [0.3, 0.4) is 0 Å².